The van der Waals surface area contributed by atoms with Gasteiger partial charge in [0.15, 0.2) is 0 Å². The average Bonchev–Trinajstić information content (AvgIpc) is 2.51. The topological polar surface area (TPSA) is 80.9 Å². The number of hydrogen-bond donors (Lipinski definition) is 2. The summed E-state index contributed by atoms with van der Waals surface area (Å²) in [6, 6.07) is -0.535. The zero-order valence-corrected chi connectivity index (χ0v) is 10.2. The third-order valence-electron chi connectivity index (χ3n) is 1.71. The number of nitrogens with one attached hydrogen (secondary N) is 1. The number of aromatic nitrogens is 2. The molecular formula is C9H16N4OS. The summed E-state index contributed by atoms with van der Waals surface area (Å²) in [5.74, 6) is -0.244. The van der Waals surface area contributed by atoms with E-state index in [1.807, 2.05) is 20.8 Å². The Morgan fingerprint density at radius 2 is 2.07 bits per heavy atom. The molecule has 3 N–H and O–H groups in total. The van der Waals surface area contributed by atoms with E-state index in [-0.39, 0.29) is 11.3 Å². The molecule has 0 aromatic carbocycles. The highest BCUT2D eigenvalue weighted by Gasteiger charge is 2.20. The number of hydrogen-bond acceptors (Lipinski definition) is 5. The van der Waals surface area contributed by atoms with Gasteiger partial charge >= 0.3 is 0 Å². The van der Waals surface area contributed by atoms with E-state index in [1.165, 1.54) is 11.3 Å². The predicted molar refractivity (Wildman–Crippen MR) is 60.9 cm³/mol. The number of nitrogens with two attached hydrogens (primary N) is 1. The number of anilines is 1. The van der Waals surface area contributed by atoms with Crippen molar-refractivity contribution in [1.82, 2.24) is 10.2 Å². The Kier molecular flexibility index (Phi) is 3.41. The van der Waals surface area contributed by atoms with Crippen LogP contribution in [0.1, 0.15) is 32.7 Å². The summed E-state index contributed by atoms with van der Waals surface area (Å²) in [5.41, 5.74) is 5.37. The molecule has 0 unspecified atom stereocenters. The number of carbonyl (C=O) groups is 1. The van der Waals surface area contributed by atoms with Crippen molar-refractivity contribution in [3.63, 3.8) is 0 Å². The Morgan fingerprint density at radius 3 is 2.47 bits per heavy atom. The first kappa shape index (κ1) is 12.1. The number of nitrogens with zero attached hydrogens (tertiary/aromatic N) is 2. The molecular weight excluding hydrogens is 212 g/mol. The van der Waals surface area contributed by atoms with Gasteiger partial charge in [0.05, 0.1) is 6.04 Å². The molecule has 0 aliphatic rings. The van der Waals surface area contributed by atoms with E-state index in [9.17, 15) is 4.79 Å². The smallest absolute Gasteiger partial charge is 0.242 e. The van der Waals surface area contributed by atoms with Crippen molar-refractivity contribution in [2.24, 2.45) is 5.73 Å². The van der Waals surface area contributed by atoms with Gasteiger partial charge in [0.2, 0.25) is 11.0 Å². The summed E-state index contributed by atoms with van der Waals surface area (Å²) in [5, 5.41) is 11.9. The first-order valence-electron chi connectivity index (χ1n) is 4.71. The van der Waals surface area contributed by atoms with Gasteiger partial charge in [-0.1, -0.05) is 32.1 Å². The minimum Gasteiger partial charge on any atom is -0.320 e. The SMILES string of the molecule is C[C@H](N)C(=O)Nc1nnc(C(C)(C)C)s1. The molecule has 1 rings (SSSR count). The highest BCUT2D eigenvalue weighted by molar-refractivity contribution is 7.15. The summed E-state index contributed by atoms with van der Waals surface area (Å²) >= 11 is 1.38. The molecule has 5 nitrogen and oxygen atoms in total. The van der Waals surface area contributed by atoms with E-state index in [2.05, 4.69) is 15.5 Å². The van der Waals surface area contributed by atoms with Gasteiger partial charge in [0, 0.05) is 5.41 Å². The van der Waals surface area contributed by atoms with Crippen molar-refractivity contribution in [3.8, 4) is 0 Å². The molecule has 1 atom stereocenters. The molecule has 1 aromatic rings. The molecule has 0 aliphatic carbocycles. The minimum absolute atomic E-state index is 0.0467. The quantitative estimate of drug-likeness (QED) is 0.795. The lowest BCUT2D eigenvalue weighted by atomic mass is 9.98. The van der Waals surface area contributed by atoms with Gasteiger partial charge in [-0.15, -0.1) is 10.2 Å². The molecule has 0 saturated heterocycles. The lowest BCUT2D eigenvalue weighted by Gasteiger charge is -2.12. The second-order valence-electron chi connectivity index (χ2n) is 4.44. The first-order valence-corrected chi connectivity index (χ1v) is 5.53. The number of amides is 1. The van der Waals surface area contributed by atoms with Gasteiger partial charge in [-0.3, -0.25) is 10.1 Å². The first-order chi connectivity index (χ1) is 6.80. The molecule has 0 bridgehead atoms. The summed E-state index contributed by atoms with van der Waals surface area (Å²) in [4.78, 5) is 11.3. The fraction of sp³-hybridized carbons (Fsp3) is 0.667. The Bertz CT molecular complexity index is 353. The minimum atomic E-state index is -0.535. The predicted octanol–water partition coefficient (Wildman–Crippen LogP) is 1.12. The van der Waals surface area contributed by atoms with Gasteiger partial charge in [-0.25, -0.2) is 0 Å². The van der Waals surface area contributed by atoms with Crippen LogP contribution in [0.4, 0.5) is 5.13 Å². The molecule has 15 heavy (non-hydrogen) atoms. The Morgan fingerprint density at radius 1 is 1.47 bits per heavy atom. The third-order valence-corrected chi connectivity index (χ3v) is 2.97. The second-order valence-corrected chi connectivity index (χ2v) is 5.42. The van der Waals surface area contributed by atoms with Crippen LogP contribution in [0.2, 0.25) is 0 Å². The third kappa shape index (κ3) is 3.24. The van der Waals surface area contributed by atoms with Gasteiger partial charge in [0.25, 0.3) is 0 Å². The molecule has 0 spiro atoms. The fourth-order valence-corrected chi connectivity index (χ4v) is 1.60. The van der Waals surface area contributed by atoms with Crippen LogP contribution < -0.4 is 11.1 Å². The van der Waals surface area contributed by atoms with Gasteiger partial charge < -0.3 is 5.73 Å². The van der Waals surface area contributed by atoms with E-state index in [4.69, 9.17) is 5.73 Å². The van der Waals surface area contributed by atoms with Crippen LogP contribution in [-0.4, -0.2) is 22.1 Å². The largest absolute Gasteiger partial charge is 0.320 e. The fourth-order valence-electron chi connectivity index (χ4n) is 0.796. The lowest BCUT2D eigenvalue weighted by Crippen LogP contribution is -2.32. The van der Waals surface area contributed by atoms with Crippen molar-refractivity contribution >= 4 is 22.4 Å². The molecule has 0 saturated carbocycles. The van der Waals surface area contributed by atoms with E-state index >= 15 is 0 Å². The summed E-state index contributed by atoms with van der Waals surface area (Å²) in [6.45, 7) is 7.76. The van der Waals surface area contributed by atoms with Gasteiger partial charge in [-0.2, -0.15) is 0 Å². The zero-order chi connectivity index (χ0) is 11.6. The highest BCUT2D eigenvalue weighted by atomic mass is 32.1. The second kappa shape index (κ2) is 4.24. The Labute approximate surface area is 93.1 Å². The van der Waals surface area contributed by atoms with E-state index < -0.39 is 6.04 Å². The number of rotatable bonds is 2. The molecule has 1 amide bonds. The van der Waals surface area contributed by atoms with Gasteiger partial charge in [-0.05, 0) is 6.92 Å². The van der Waals surface area contributed by atoms with E-state index in [1.54, 1.807) is 6.92 Å². The number of carbonyl (C=O) groups excluding carboxylic acids is 1. The molecule has 84 valence electrons. The molecule has 0 aliphatic heterocycles. The van der Waals surface area contributed by atoms with Crippen LogP contribution in [0.25, 0.3) is 0 Å². The van der Waals surface area contributed by atoms with Crippen molar-refractivity contribution in [2.75, 3.05) is 5.32 Å². The van der Waals surface area contributed by atoms with Crippen LogP contribution in [0.3, 0.4) is 0 Å². The molecule has 0 radical (unpaired) electrons. The summed E-state index contributed by atoms with van der Waals surface area (Å²) in [7, 11) is 0. The summed E-state index contributed by atoms with van der Waals surface area (Å²) in [6.07, 6.45) is 0. The van der Waals surface area contributed by atoms with Crippen molar-refractivity contribution < 1.29 is 4.79 Å². The van der Waals surface area contributed by atoms with Crippen LogP contribution in [-0.2, 0) is 10.2 Å². The van der Waals surface area contributed by atoms with E-state index in [0.29, 0.717) is 5.13 Å². The van der Waals surface area contributed by atoms with Crippen LogP contribution in [0, 0.1) is 0 Å². The van der Waals surface area contributed by atoms with Crippen LogP contribution in [0.15, 0.2) is 0 Å². The Balaban J connectivity index is 2.73. The van der Waals surface area contributed by atoms with Gasteiger partial charge in [0.1, 0.15) is 5.01 Å². The molecule has 0 fully saturated rings. The van der Waals surface area contributed by atoms with Crippen molar-refractivity contribution in [3.05, 3.63) is 5.01 Å². The van der Waals surface area contributed by atoms with Crippen molar-refractivity contribution in [1.29, 1.82) is 0 Å². The maximum Gasteiger partial charge on any atom is 0.242 e. The average molecular weight is 228 g/mol. The lowest BCUT2D eigenvalue weighted by molar-refractivity contribution is -0.117. The van der Waals surface area contributed by atoms with Crippen LogP contribution >= 0.6 is 11.3 Å². The molecule has 6 heteroatoms. The van der Waals surface area contributed by atoms with E-state index in [0.717, 1.165) is 5.01 Å². The monoisotopic (exact) mass is 228 g/mol. The maximum atomic E-state index is 11.3. The molecule has 1 aromatic heterocycles. The zero-order valence-electron chi connectivity index (χ0n) is 9.37. The van der Waals surface area contributed by atoms with Crippen LogP contribution in [0.5, 0.6) is 0 Å². The van der Waals surface area contributed by atoms with Crippen molar-refractivity contribution in [2.45, 2.75) is 39.2 Å². The summed E-state index contributed by atoms with van der Waals surface area (Å²) < 4.78 is 0. The maximum absolute atomic E-state index is 11.3. The highest BCUT2D eigenvalue weighted by Crippen LogP contribution is 2.27. The normalized spacial score (nSPS) is 13.7. The molecule has 1 heterocycles. The standard InChI is InChI=1S/C9H16N4OS/c1-5(10)6(14)11-8-13-12-7(15-8)9(2,3)4/h5H,10H2,1-4H3,(H,11,13,14)/t5-/m0/s1. The Hall–Kier alpha value is -1.01.